The molecule has 1 aromatic carbocycles. The second kappa shape index (κ2) is 3.81. The van der Waals surface area contributed by atoms with E-state index < -0.39 is 0 Å². The van der Waals surface area contributed by atoms with Gasteiger partial charge < -0.3 is 4.98 Å². The number of H-pyrrole nitrogens is 1. The summed E-state index contributed by atoms with van der Waals surface area (Å²) in [7, 11) is 0. The number of nitrogens with zero attached hydrogens (tertiary/aromatic N) is 1. The van der Waals surface area contributed by atoms with Crippen molar-refractivity contribution in [3.05, 3.63) is 60.5 Å². The summed E-state index contributed by atoms with van der Waals surface area (Å²) >= 11 is 0. The lowest BCUT2D eigenvalue weighted by Crippen LogP contribution is -1.80. The van der Waals surface area contributed by atoms with E-state index in [4.69, 9.17) is 0 Å². The summed E-state index contributed by atoms with van der Waals surface area (Å²) in [6, 6.07) is 6.29. The normalized spacial score (nSPS) is 15.1. The number of allylic oxidation sites excluding steroid dienone is 6. The van der Waals surface area contributed by atoms with Crippen LogP contribution in [0.25, 0.3) is 16.6 Å². The molecule has 1 aliphatic rings. The number of aromatic nitrogens is 2. The second-order valence-corrected chi connectivity index (χ2v) is 3.82. The van der Waals surface area contributed by atoms with Crippen LogP contribution in [0.15, 0.2) is 54.9 Å². The molecule has 1 aromatic heterocycles. The molecule has 0 saturated carbocycles. The molecule has 3 rings (SSSR count). The van der Waals surface area contributed by atoms with Crippen LogP contribution in [0.1, 0.15) is 12.0 Å². The quantitative estimate of drug-likeness (QED) is 0.763. The maximum Gasteiger partial charge on any atom is 0.0931 e. The highest BCUT2D eigenvalue weighted by molar-refractivity contribution is 5.83. The van der Waals surface area contributed by atoms with Gasteiger partial charge in [0.05, 0.1) is 17.4 Å². The molecule has 1 aliphatic carbocycles. The number of hydrogen-bond acceptors (Lipinski definition) is 1. The SMILES string of the molecule is C1=CCC=CC(c2ccc3nc[nH]c3c2)=C1. The fraction of sp³-hybridized carbons (Fsp3) is 0.0714. The van der Waals surface area contributed by atoms with Crippen LogP contribution >= 0.6 is 0 Å². The Hall–Kier alpha value is -2.09. The Morgan fingerprint density at radius 3 is 3.19 bits per heavy atom. The summed E-state index contributed by atoms with van der Waals surface area (Å²) in [4.78, 5) is 7.35. The summed E-state index contributed by atoms with van der Waals surface area (Å²) in [5.74, 6) is 0. The zero-order valence-corrected chi connectivity index (χ0v) is 8.85. The van der Waals surface area contributed by atoms with E-state index in [0.717, 1.165) is 17.5 Å². The van der Waals surface area contributed by atoms with Crippen molar-refractivity contribution < 1.29 is 0 Å². The number of benzene rings is 1. The van der Waals surface area contributed by atoms with Gasteiger partial charge in [-0.3, -0.25) is 0 Å². The fourth-order valence-electron chi connectivity index (χ4n) is 1.89. The van der Waals surface area contributed by atoms with Crippen LogP contribution in [-0.4, -0.2) is 9.97 Å². The van der Waals surface area contributed by atoms with Crippen LogP contribution in [0, 0.1) is 0 Å². The van der Waals surface area contributed by atoms with Gasteiger partial charge in [0.2, 0.25) is 0 Å². The van der Waals surface area contributed by atoms with Crippen LogP contribution in [0.3, 0.4) is 0 Å². The van der Waals surface area contributed by atoms with Crippen molar-refractivity contribution in [3.8, 4) is 0 Å². The first-order chi connectivity index (χ1) is 7.93. The van der Waals surface area contributed by atoms with Gasteiger partial charge in [0, 0.05) is 0 Å². The van der Waals surface area contributed by atoms with Crippen molar-refractivity contribution in [2.24, 2.45) is 0 Å². The van der Waals surface area contributed by atoms with Gasteiger partial charge in [0.15, 0.2) is 0 Å². The van der Waals surface area contributed by atoms with Gasteiger partial charge in [-0.25, -0.2) is 4.98 Å². The standard InChI is InChI=1S/C14H12N2/c1-2-4-6-11(5-3-1)12-7-8-13-14(9-12)16-10-15-13/h1,3-10H,2H2,(H,15,16). The lowest BCUT2D eigenvalue weighted by Gasteiger charge is -2.01. The lowest BCUT2D eigenvalue weighted by atomic mass is 10.0. The molecule has 0 aliphatic heterocycles. The Balaban J connectivity index is 2.11. The molecular weight excluding hydrogens is 196 g/mol. The number of rotatable bonds is 1. The van der Waals surface area contributed by atoms with Crippen molar-refractivity contribution in [3.63, 3.8) is 0 Å². The Morgan fingerprint density at radius 1 is 1.19 bits per heavy atom. The highest BCUT2D eigenvalue weighted by atomic mass is 14.9. The Morgan fingerprint density at radius 2 is 2.19 bits per heavy atom. The van der Waals surface area contributed by atoms with Crippen LogP contribution in [0.2, 0.25) is 0 Å². The number of fused-ring (bicyclic) bond motifs is 1. The van der Waals surface area contributed by atoms with E-state index in [0.29, 0.717) is 0 Å². The number of nitrogens with one attached hydrogen (secondary N) is 1. The summed E-state index contributed by atoms with van der Waals surface area (Å²) in [5.41, 5.74) is 4.56. The summed E-state index contributed by atoms with van der Waals surface area (Å²) < 4.78 is 0. The van der Waals surface area contributed by atoms with Gasteiger partial charge in [-0.15, -0.1) is 0 Å². The number of imidazole rings is 1. The first kappa shape index (κ1) is 9.16. The van der Waals surface area contributed by atoms with Crippen LogP contribution in [0.5, 0.6) is 0 Å². The van der Waals surface area contributed by atoms with Crippen molar-refractivity contribution in [1.82, 2.24) is 9.97 Å². The summed E-state index contributed by atoms with van der Waals surface area (Å²) in [5, 5.41) is 0. The van der Waals surface area contributed by atoms with Crippen LogP contribution < -0.4 is 0 Å². The number of aromatic amines is 1. The molecular formula is C14H12N2. The average Bonchev–Trinajstić information content (AvgIpc) is 2.61. The van der Waals surface area contributed by atoms with E-state index in [2.05, 4.69) is 52.5 Å². The topological polar surface area (TPSA) is 28.7 Å². The van der Waals surface area contributed by atoms with Gasteiger partial charge in [-0.2, -0.15) is 0 Å². The van der Waals surface area contributed by atoms with E-state index >= 15 is 0 Å². The van der Waals surface area contributed by atoms with Gasteiger partial charge in [0.25, 0.3) is 0 Å². The average molecular weight is 208 g/mol. The zero-order chi connectivity index (χ0) is 10.8. The second-order valence-electron chi connectivity index (χ2n) is 3.82. The minimum Gasteiger partial charge on any atom is -0.345 e. The highest BCUT2D eigenvalue weighted by Crippen LogP contribution is 2.21. The molecule has 1 N–H and O–H groups in total. The molecule has 78 valence electrons. The largest absolute Gasteiger partial charge is 0.345 e. The van der Waals surface area contributed by atoms with E-state index in [1.165, 1.54) is 11.1 Å². The van der Waals surface area contributed by atoms with Crippen molar-refractivity contribution in [1.29, 1.82) is 0 Å². The molecule has 0 bridgehead atoms. The molecule has 1 heterocycles. The van der Waals surface area contributed by atoms with Crippen molar-refractivity contribution >= 4 is 16.6 Å². The first-order valence-corrected chi connectivity index (χ1v) is 5.40. The molecule has 0 atom stereocenters. The van der Waals surface area contributed by atoms with Gasteiger partial charge >= 0.3 is 0 Å². The Bertz CT molecular complexity index is 600. The molecule has 0 spiro atoms. The molecule has 0 unspecified atom stereocenters. The Kier molecular flexibility index (Phi) is 2.18. The third kappa shape index (κ3) is 1.58. The lowest BCUT2D eigenvalue weighted by molar-refractivity contribution is 1.34. The molecule has 16 heavy (non-hydrogen) atoms. The smallest absolute Gasteiger partial charge is 0.0931 e. The van der Waals surface area contributed by atoms with E-state index in [1.54, 1.807) is 6.33 Å². The molecule has 0 saturated heterocycles. The minimum atomic E-state index is 1.01. The maximum absolute atomic E-state index is 4.22. The fourth-order valence-corrected chi connectivity index (χ4v) is 1.89. The predicted molar refractivity (Wildman–Crippen MR) is 67.0 cm³/mol. The van der Waals surface area contributed by atoms with Crippen molar-refractivity contribution in [2.45, 2.75) is 6.42 Å². The summed E-state index contributed by atoms with van der Waals surface area (Å²) in [6.07, 6.45) is 13.5. The van der Waals surface area contributed by atoms with Gasteiger partial charge in [-0.05, 0) is 29.7 Å². The van der Waals surface area contributed by atoms with E-state index in [9.17, 15) is 0 Å². The van der Waals surface area contributed by atoms with Crippen LogP contribution in [-0.2, 0) is 0 Å². The van der Waals surface area contributed by atoms with Gasteiger partial charge in [-0.1, -0.05) is 36.4 Å². The molecule has 2 heteroatoms. The molecule has 0 amide bonds. The third-order valence-electron chi connectivity index (χ3n) is 2.74. The first-order valence-electron chi connectivity index (χ1n) is 5.40. The van der Waals surface area contributed by atoms with Crippen LogP contribution in [0.4, 0.5) is 0 Å². The third-order valence-corrected chi connectivity index (χ3v) is 2.74. The number of hydrogen-bond donors (Lipinski definition) is 1. The predicted octanol–water partition coefficient (Wildman–Crippen LogP) is 3.46. The molecule has 2 aromatic rings. The highest BCUT2D eigenvalue weighted by Gasteiger charge is 2.01. The van der Waals surface area contributed by atoms with E-state index in [1.807, 2.05) is 6.07 Å². The molecule has 0 fully saturated rings. The maximum atomic E-state index is 4.22. The molecule has 0 radical (unpaired) electrons. The van der Waals surface area contributed by atoms with E-state index in [-0.39, 0.29) is 0 Å². The molecule has 2 nitrogen and oxygen atoms in total. The monoisotopic (exact) mass is 208 g/mol. The zero-order valence-electron chi connectivity index (χ0n) is 8.85. The van der Waals surface area contributed by atoms with Crippen molar-refractivity contribution in [2.75, 3.05) is 0 Å². The van der Waals surface area contributed by atoms with Gasteiger partial charge in [0.1, 0.15) is 0 Å². The summed E-state index contributed by atoms with van der Waals surface area (Å²) in [6.45, 7) is 0. The Labute approximate surface area is 94.0 Å². The minimum absolute atomic E-state index is 1.01.